The number of β-amino-alcohol motifs (C(OH)–C–C–N with tert-alkyl or cyclic N) is 1. The van der Waals surface area contributed by atoms with Crippen LogP contribution in [0.4, 0.5) is 0 Å². The summed E-state index contributed by atoms with van der Waals surface area (Å²) in [7, 11) is 0. The largest absolute Gasteiger partial charge is 0.389 e. The van der Waals surface area contributed by atoms with Crippen molar-refractivity contribution in [1.29, 1.82) is 0 Å². The van der Waals surface area contributed by atoms with E-state index >= 15 is 0 Å². The summed E-state index contributed by atoms with van der Waals surface area (Å²) in [5.41, 5.74) is 5.37. The predicted octanol–water partition coefficient (Wildman–Crippen LogP) is 2.05. The van der Waals surface area contributed by atoms with E-state index in [-0.39, 0.29) is 24.8 Å². The summed E-state index contributed by atoms with van der Waals surface area (Å²) in [6.07, 6.45) is -0.117. The zero-order valence-electron chi connectivity index (χ0n) is 15.7. The minimum atomic E-state index is -0.882. The molecule has 1 saturated heterocycles. The van der Waals surface area contributed by atoms with E-state index in [1.165, 1.54) is 5.56 Å². The molecule has 0 spiro atoms. The fraction of sp³-hybridized carbons (Fsp3) is 0.273. The standard InChI is InChI=1S/C22H23N3O3/c1-13-6-8-14(9-7-13)20-16(15-4-2-3-5-17(15)24-20)10-11-19(27)25-21-18(26)12-23-22(21)28/h2-9,18,21,24,26H,10-12H2,1H3,(H,23,28)(H,25,27)/t18-,21+/m1/s1. The van der Waals surface area contributed by atoms with Crippen molar-refractivity contribution in [3.8, 4) is 11.3 Å². The van der Waals surface area contributed by atoms with Crippen molar-refractivity contribution in [3.63, 3.8) is 0 Å². The molecule has 1 aromatic heterocycles. The molecule has 1 aliphatic rings. The molecule has 2 heterocycles. The van der Waals surface area contributed by atoms with Gasteiger partial charge >= 0.3 is 0 Å². The molecule has 0 bridgehead atoms. The molecule has 4 rings (SSSR count). The van der Waals surface area contributed by atoms with Gasteiger partial charge in [-0.25, -0.2) is 0 Å². The average molecular weight is 377 g/mol. The van der Waals surface area contributed by atoms with Crippen LogP contribution in [0.2, 0.25) is 0 Å². The number of aliphatic hydroxyl groups excluding tert-OH is 1. The van der Waals surface area contributed by atoms with Crippen molar-refractivity contribution in [2.75, 3.05) is 6.54 Å². The Morgan fingerprint density at radius 3 is 2.64 bits per heavy atom. The van der Waals surface area contributed by atoms with Crippen molar-refractivity contribution in [3.05, 3.63) is 59.7 Å². The maximum Gasteiger partial charge on any atom is 0.245 e. The fourth-order valence-corrected chi connectivity index (χ4v) is 3.68. The van der Waals surface area contributed by atoms with Crippen molar-refractivity contribution in [2.24, 2.45) is 0 Å². The molecule has 2 amide bonds. The number of aryl methyl sites for hydroxylation is 2. The van der Waals surface area contributed by atoms with E-state index in [1.54, 1.807) is 0 Å². The van der Waals surface area contributed by atoms with Gasteiger partial charge in [0.25, 0.3) is 0 Å². The first-order valence-corrected chi connectivity index (χ1v) is 9.44. The zero-order chi connectivity index (χ0) is 19.7. The lowest BCUT2D eigenvalue weighted by molar-refractivity contribution is -0.128. The summed E-state index contributed by atoms with van der Waals surface area (Å²) < 4.78 is 0. The van der Waals surface area contributed by atoms with Crippen LogP contribution in [-0.2, 0) is 16.0 Å². The Labute approximate surface area is 163 Å². The van der Waals surface area contributed by atoms with Crippen molar-refractivity contribution >= 4 is 22.7 Å². The normalized spacial score (nSPS) is 19.0. The van der Waals surface area contributed by atoms with Gasteiger partial charge in [-0.3, -0.25) is 9.59 Å². The number of carbonyl (C=O) groups excluding carboxylic acids is 2. The molecule has 28 heavy (non-hydrogen) atoms. The molecular formula is C22H23N3O3. The molecule has 0 radical (unpaired) electrons. The van der Waals surface area contributed by atoms with E-state index < -0.39 is 12.1 Å². The van der Waals surface area contributed by atoms with Gasteiger partial charge in [-0.1, -0.05) is 48.0 Å². The Kier molecular flexibility index (Phi) is 4.88. The van der Waals surface area contributed by atoms with Gasteiger partial charge in [0.15, 0.2) is 0 Å². The van der Waals surface area contributed by atoms with Gasteiger partial charge in [-0.15, -0.1) is 0 Å². The first kappa shape index (κ1) is 18.3. The SMILES string of the molecule is Cc1ccc(-c2[nH]c3ccccc3c2CCC(=O)N[C@@H]2C(=O)NC[C@H]2O)cc1. The Morgan fingerprint density at radius 2 is 1.93 bits per heavy atom. The molecule has 1 aliphatic heterocycles. The monoisotopic (exact) mass is 377 g/mol. The molecule has 6 nitrogen and oxygen atoms in total. The van der Waals surface area contributed by atoms with Gasteiger partial charge in [0.1, 0.15) is 12.1 Å². The molecule has 2 aromatic carbocycles. The molecule has 2 atom stereocenters. The quantitative estimate of drug-likeness (QED) is 0.548. The second-order valence-electron chi connectivity index (χ2n) is 7.25. The van der Waals surface area contributed by atoms with Gasteiger partial charge in [-0.05, 0) is 30.5 Å². The van der Waals surface area contributed by atoms with E-state index in [0.717, 1.165) is 27.7 Å². The highest BCUT2D eigenvalue weighted by Gasteiger charge is 2.34. The van der Waals surface area contributed by atoms with E-state index in [2.05, 4.69) is 39.9 Å². The number of amides is 2. The van der Waals surface area contributed by atoms with Crippen molar-refractivity contribution in [1.82, 2.24) is 15.6 Å². The number of H-pyrrole nitrogens is 1. The maximum atomic E-state index is 12.4. The summed E-state index contributed by atoms with van der Waals surface area (Å²) in [6.45, 7) is 2.22. The number of para-hydroxylation sites is 1. The number of hydrogen-bond acceptors (Lipinski definition) is 3. The highest BCUT2D eigenvalue weighted by atomic mass is 16.3. The number of aromatic amines is 1. The van der Waals surface area contributed by atoms with E-state index in [4.69, 9.17) is 0 Å². The predicted molar refractivity (Wildman–Crippen MR) is 108 cm³/mol. The molecule has 4 N–H and O–H groups in total. The summed E-state index contributed by atoms with van der Waals surface area (Å²) in [6, 6.07) is 15.4. The van der Waals surface area contributed by atoms with Crippen LogP contribution in [0.25, 0.3) is 22.2 Å². The van der Waals surface area contributed by atoms with Crippen molar-refractivity contribution < 1.29 is 14.7 Å². The lowest BCUT2D eigenvalue weighted by Gasteiger charge is -2.13. The Hall–Kier alpha value is -3.12. The van der Waals surface area contributed by atoms with Gasteiger partial charge in [0.2, 0.25) is 11.8 Å². The average Bonchev–Trinajstić information content (AvgIpc) is 3.22. The van der Waals surface area contributed by atoms with E-state index in [9.17, 15) is 14.7 Å². The second-order valence-corrected chi connectivity index (χ2v) is 7.25. The number of benzene rings is 2. The van der Waals surface area contributed by atoms with E-state index in [0.29, 0.717) is 6.42 Å². The van der Waals surface area contributed by atoms with Crippen LogP contribution in [-0.4, -0.2) is 40.6 Å². The van der Waals surface area contributed by atoms with Crippen LogP contribution in [0.5, 0.6) is 0 Å². The number of rotatable bonds is 5. The van der Waals surface area contributed by atoms with Crippen LogP contribution >= 0.6 is 0 Å². The first-order valence-electron chi connectivity index (χ1n) is 9.44. The Bertz CT molecular complexity index is 1020. The molecule has 144 valence electrons. The highest BCUT2D eigenvalue weighted by Crippen LogP contribution is 2.31. The summed E-state index contributed by atoms with van der Waals surface area (Å²) in [4.78, 5) is 27.6. The fourth-order valence-electron chi connectivity index (χ4n) is 3.68. The first-order chi connectivity index (χ1) is 13.5. The van der Waals surface area contributed by atoms with Crippen LogP contribution in [0.1, 0.15) is 17.5 Å². The third-order valence-corrected chi connectivity index (χ3v) is 5.23. The minimum absolute atomic E-state index is 0.170. The summed E-state index contributed by atoms with van der Waals surface area (Å²) in [5.74, 6) is -0.588. The lowest BCUT2D eigenvalue weighted by Crippen LogP contribution is -2.45. The number of fused-ring (bicyclic) bond motifs is 1. The lowest BCUT2D eigenvalue weighted by atomic mass is 10.00. The van der Waals surface area contributed by atoms with Crippen LogP contribution < -0.4 is 10.6 Å². The second kappa shape index (κ2) is 7.48. The van der Waals surface area contributed by atoms with Gasteiger partial charge in [0, 0.05) is 29.6 Å². The highest BCUT2D eigenvalue weighted by molar-refractivity contribution is 5.92. The topological polar surface area (TPSA) is 94.2 Å². The van der Waals surface area contributed by atoms with Gasteiger partial charge in [-0.2, -0.15) is 0 Å². The van der Waals surface area contributed by atoms with Crippen LogP contribution in [0.3, 0.4) is 0 Å². The number of hydrogen-bond donors (Lipinski definition) is 4. The van der Waals surface area contributed by atoms with Crippen molar-refractivity contribution in [2.45, 2.75) is 31.9 Å². The number of nitrogens with one attached hydrogen (secondary N) is 3. The summed E-state index contributed by atoms with van der Waals surface area (Å²) >= 11 is 0. The Morgan fingerprint density at radius 1 is 1.18 bits per heavy atom. The number of carbonyl (C=O) groups is 2. The molecule has 1 fully saturated rings. The Balaban J connectivity index is 1.57. The maximum absolute atomic E-state index is 12.4. The summed E-state index contributed by atoms with van der Waals surface area (Å²) in [5, 5.41) is 16.1. The van der Waals surface area contributed by atoms with Crippen LogP contribution in [0.15, 0.2) is 48.5 Å². The minimum Gasteiger partial charge on any atom is -0.389 e. The molecular weight excluding hydrogens is 354 g/mol. The molecule has 6 heteroatoms. The molecule has 0 aliphatic carbocycles. The smallest absolute Gasteiger partial charge is 0.245 e. The molecule has 0 unspecified atom stereocenters. The third kappa shape index (κ3) is 3.51. The third-order valence-electron chi connectivity index (χ3n) is 5.23. The number of aliphatic hydroxyl groups is 1. The van der Waals surface area contributed by atoms with Gasteiger partial charge < -0.3 is 20.7 Å². The van der Waals surface area contributed by atoms with E-state index in [1.807, 2.05) is 31.2 Å². The molecule has 3 aromatic rings. The van der Waals surface area contributed by atoms with Gasteiger partial charge in [0.05, 0.1) is 0 Å². The zero-order valence-corrected chi connectivity index (χ0v) is 15.7. The van der Waals surface area contributed by atoms with Crippen LogP contribution in [0, 0.1) is 6.92 Å². The number of aromatic nitrogens is 1. The molecule has 0 saturated carbocycles.